The monoisotopic (exact) mass is 502 g/mol. The standard InChI is InChI=1S/C27H30N6O4/c1-14-22-16(12-31(5)30-22)9-18(23(14)34)24-28-11-19-20(29-24)6-7-32(25(19)35)21-10-17-8-15(21)13-33(17)26(36)37-27(2,3)4/h6-7,9,11-12,15,17,21,34H,8,10,13H2,1-5H3/t15?,17?,21-/m0/s1. The van der Waals surface area contributed by atoms with E-state index in [0.717, 1.165) is 17.3 Å². The van der Waals surface area contributed by atoms with Gasteiger partial charge in [-0.15, -0.1) is 0 Å². The first-order chi connectivity index (χ1) is 17.5. The number of pyridine rings is 1. The van der Waals surface area contributed by atoms with Crippen molar-refractivity contribution >= 4 is 27.9 Å². The van der Waals surface area contributed by atoms with Gasteiger partial charge in [-0.1, -0.05) is 0 Å². The van der Waals surface area contributed by atoms with E-state index >= 15 is 0 Å². The van der Waals surface area contributed by atoms with Crippen LogP contribution in [0, 0.1) is 12.8 Å². The summed E-state index contributed by atoms with van der Waals surface area (Å²) in [6.45, 7) is 7.99. The molecule has 1 aliphatic carbocycles. The lowest BCUT2D eigenvalue weighted by Crippen LogP contribution is -2.44. The molecule has 3 aromatic heterocycles. The fourth-order valence-electron chi connectivity index (χ4n) is 5.86. The molecule has 2 bridgehead atoms. The number of nitrogens with zero attached hydrogens (tertiary/aromatic N) is 6. The second-order valence-electron chi connectivity index (χ2n) is 11.2. The number of amides is 1. The molecule has 2 fully saturated rings. The molecule has 1 saturated carbocycles. The third kappa shape index (κ3) is 3.82. The molecule has 1 aromatic carbocycles. The van der Waals surface area contributed by atoms with Gasteiger partial charge in [-0.25, -0.2) is 14.8 Å². The predicted octanol–water partition coefficient (Wildman–Crippen LogP) is 3.93. The van der Waals surface area contributed by atoms with Gasteiger partial charge in [0.25, 0.3) is 5.56 Å². The van der Waals surface area contributed by atoms with Crippen LogP contribution in [-0.2, 0) is 11.8 Å². The van der Waals surface area contributed by atoms with Gasteiger partial charge < -0.3 is 19.3 Å². The van der Waals surface area contributed by atoms with Gasteiger partial charge in [-0.3, -0.25) is 9.48 Å². The Morgan fingerprint density at radius 3 is 2.73 bits per heavy atom. The fraction of sp³-hybridized carbons (Fsp3) is 0.444. The second kappa shape index (κ2) is 8.03. The first kappa shape index (κ1) is 23.4. The average Bonchev–Trinajstić information content (AvgIpc) is 3.54. The number of carbonyl (C=O) groups excluding carboxylic acids is 1. The van der Waals surface area contributed by atoms with Crippen LogP contribution in [0.5, 0.6) is 5.75 Å². The number of phenolic OH excluding ortho intramolecular Hbond substituents is 1. The van der Waals surface area contributed by atoms with Gasteiger partial charge in [-0.05, 0) is 58.6 Å². The number of aromatic hydroxyl groups is 1. The molecule has 1 amide bonds. The Hall–Kier alpha value is -3.95. The number of piperidine rings is 1. The highest BCUT2D eigenvalue weighted by Gasteiger charge is 2.48. The van der Waals surface area contributed by atoms with Crippen molar-refractivity contribution in [2.24, 2.45) is 13.0 Å². The molecule has 37 heavy (non-hydrogen) atoms. The van der Waals surface area contributed by atoms with Gasteiger partial charge in [0.05, 0.1) is 22.0 Å². The number of likely N-dealkylation sites (tertiary alicyclic amines) is 1. The van der Waals surface area contributed by atoms with Gasteiger partial charge in [0.15, 0.2) is 5.82 Å². The molecule has 0 spiro atoms. The molecule has 10 heteroatoms. The molecule has 1 N–H and O–H groups in total. The summed E-state index contributed by atoms with van der Waals surface area (Å²) in [6.07, 6.45) is 6.50. The van der Waals surface area contributed by atoms with Gasteiger partial charge >= 0.3 is 6.09 Å². The second-order valence-corrected chi connectivity index (χ2v) is 11.2. The summed E-state index contributed by atoms with van der Waals surface area (Å²) in [6, 6.07) is 3.73. The Kier molecular flexibility index (Phi) is 5.09. The molecule has 4 aromatic rings. The predicted molar refractivity (Wildman–Crippen MR) is 138 cm³/mol. The van der Waals surface area contributed by atoms with Crippen LogP contribution in [0.3, 0.4) is 0 Å². The molecule has 2 aliphatic rings. The maximum Gasteiger partial charge on any atom is 0.410 e. The lowest BCUT2D eigenvalue weighted by Gasteiger charge is -2.33. The summed E-state index contributed by atoms with van der Waals surface area (Å²) in [5.74, 6) is 0.623. The van der Waals surface area contributed by atoms with Crippen molar-refractivity contribution in [3.05, 3.63) is 46.6 Å². The van der Waals surface area contributed by atoms with Crippen molar-refractivity contribution < 1.29 is 14.6 Å². The van der Waals surface area contributed by atoms with Crippen molar-refractivity contribution in [2.75, 3.05) is 6.54 Å². The summed E-state index contributed by atoms with van der Waals surface area (Å²) in [4.78, 5) is 36.9. The van der Waals surface area contributed by atoms with E-state index in [1.54, 1.807) is 26.5 Å². The number of rotatable bonds is 2. The molecule has 0 radical (unpaired) electrons. The minimum atomic E-state index is -0.536. The molecule has 3 atom stereocenters. The molecule has 10 nitrogen and oxygen atoms in total. The van der Waals surface area contributed by atoms with Crippen LogP contribution in [-0.4, -0.2) is 58.6 Å². The maximum atomic E-state index is 13.5. The van der Waals surface area contributed by atoms with Crippen molar-refractivity contribution in [1.29, 1.82) is 0 Å². The molecule has 4 heterocycles. The van der Waals surface area contributed by atoms with E-state index in [-0.39, 0.29) is 35.4 Å². The van der Waals surface area contributed by atoms with Crippen molar-refractivity contribution in [2.45, 2.75) is 58.2 Å². The number of hydrogen-bond acceptors (Lipinski definition) is 7. The van der Waals surface area contributed by atoms with Crippen molar-refractivity contribution in [1.82, 2.24) is 29.2 Å². The summed E-state index contributed by atoms with van der Waals surface area (Å²) < 4.78 is 9.04. The van der Waals surface area contributed by atoms with Gasteiger partial charge in [-0.2, -0.15) is 5.10 Å². The molecular formula is C27H30N6O4. The molecular weight excluding hydrogens is 472 g/mol. The number of hydrogen-bond donors (Lipinski definition) is 1. The van der Waals surface area contributed by atoms with Crippen LogP contribution in [0.1, 0.15) is 45.2 Å². The fourth-order valence-corrected chi connectivity index (χ4v) is 5.86. The number of phenols is 1. The lowest BCUT2D eigenvalue weighted by molar-refractivity contribution is 0.0165. The van der Waals surface area contributed by atoms with E-state index < -0.39 is 5.60 Å². The largest absolute Gasteiger partial charge is 0.507 e. The van der Waals surface area contributed by atoms with E-state index in [1.807, 2.05) is 53.1 Å². The van der Waals surface area contributed by atoms with E-state index in [9.17, 15) is 14.7 Å². The molecule has 192 valence electrons. The van der Waals surface area contributed by atoms with E-state index in [1.165, 1.54) is 0 Å². The van der Waals surface area contributed by atoms with E-state index in [2.05, 4.69) is 15.1 Å². The van der Waals surface area contributed by atoms with Crippen LogP contribution >= 0.6 is 0 Å². The lowest BCUT2D eigenvalue weighted by atomic mass is 10.0. The minimum absolute atomic E-state index is 0.0138. The minimum Gasteiger partial charge on any atom is -0.507 e. The molecule has 1 saturated heterocycles. The maximum absolute atomic E-state index is 13.5. The van der Waals surface area contributed by atoms with Crippen LogP contribution in [0.2, 0.25) is 0 Å². The summed E-state index contributed by atoms with van der Waals surface area (Å²) in [5.41, 5.74) is 1.72. The van der Waals surface area contributed by atoms with E-state index in [4.69, 9.17) is 4.74 Å². The quantitative estimate of drug-likeness (QED) is 0.442. The van der Waals surface area contributed by atoms with Gasteiger partial charge in [0, 0.05) is 55.2 Å². The first-order valence-electron chi connectivity index (χ1n) is 12.5. The zero-order valence-corrected chi connectivity index (χ0v) is 21.6. The molecule has 1 aliphatic heterocycles. The normalized spacial score (nSPS) is 21.3. The zero-order chi connectivity index (χ0) is 26.2. The number of aryl methyl sites for hydroxylation is 2. The molecule has 2 unspecified atom stereocenters. The number of benzene rings is 1. The first-order valence-corrected chi connectivity index (χ1v) is 12.5. The summed E-state index contributed by atoms with van der Waals surface area (Å²) in [5, 5.41) is 16.5. The number of fused-ring (bicyclic) bond motifs is 4. The third-order valence-corrected chi connectivity index (χ3v) is 7.53. The Labute approximate surface area is 213 Å². The summed E-state index contributed by atoms with van der Waals surface area (Å²) >= 11 is 0. The smallest absolute Gasteiger partial charge is 0.410 e. The van der Waals surface area contributed by atoms with Crippen LogP contribution < -0.4 is 5.56 Å². The van der Waals surface area contributed by atoms with Gasteiger partial charge in [0.2, 0.25) is 0 Å². The van der Waals surface area contributed by atoms with Crippen LogP contribution in [0.15, 0.2) is 35.5 Å². The zero-order valence-electron chi connectivity index (χ0n) is 21.6. The molecule has 6 rings (SSSR count). The Bertz CT molecular complexity index is 1630. The highest BCUT2D eigenvalue weighted by atomic mass is 16.6. The van der Waals surface area contributed by atoms with Crippen molar-refractivity contribution in [3.63, 3.8) is 0 Å². The highest BCUT2D eigenvalue weighted by Crippen LogP contribution is 2.45. The Balaban J connectivity index is 1.30. The van der Waals surface area contributed by atoms with E-state index in [0.29, 0.717) is 40.8 Å². The topological polar surface area (TPSA) is 115 Å². The summed E-state index contributed by atoms with van der Waals surface area (Å²) in [7, 11) is 1.83. The number of ether oxygens (including phenoxy) is 1. The highest BCUT2D eigenvalue weighted by molar-refractivity contribution is 5.90. The average molecular weight is 503 g/mol. The van der Waals surface area contributed by atoms with Crippen LogP contribution in [0.4, 0.5) is 4.79 Å². The SMILES string of the molecule is Cc1c(O)c(-c2ncc3c(=O)n([C@H]4CC5CC4CN5C(=O)OC(C)(C)C)ccc3n2)cc2cn(C)nc12. The van der Waals surface area contributed by atoms with Crippen molar-refractivity contribution in [3.8, 4) is 17.1 Å². The Morgan fingerprint density at radius 1 is 1.24 bits per heavy atom. The number of aromatic nitrogens is 5. The number of carbonyl (C=O) groups is 1. The Morgan fingerprint density at radius 2 is 2.03 bits per heavy atom. The third-order valence-electron chi connectivity index (χ3n) is 7.53. The van der Waals surface area contributed by atoms with Gasteiger partial charge in [0.1, 0.15) is 11.4 Å². The van der Waals surface area contributed by atoms with Crippen LogP contribution in [0.25, 0.3) is 33.2 Å².